The van der Waals surface area contributed by atoms with Gasteiger partial charge in [-0.15, -0.1) is 0 Å². The normalized spacial score (nSPS) is 12.6. The molecule has 0 aliphatic heterocycles. The predicted molar refractivity (Wildman–Crippen MR) is 187 cm³/mol. The van der Waals surface area contributed by atoms with Gasteiger partial charge in [0.25, 0.3) is 5.56 Å². The third kappa shape index (κ3) is 7.56. The second kappa shape index (κ2) is 14.2. The second-order valence-corrected chi connectivity index (χ2v) is 12.6. The highest BCUT2D eigenvalue weighted by Gasteiger charge is 2.20. The molecular weight excluding hydrogens is 616 g/mol. The monoisotopic (exact) mass is 654 g/mol. The van der Waals surface area contributed by atoms with Gasteiger partial charge in [-0.3, -0.25) is 4.79 Å². The molecular formula is C36H39ClN6O4. The van der Waals surface area contributed by atoms with Crippen molar-refractivity contribution in [3.05, 3.63) is 111 Å². The summed E-state index contributed by atoms with van der Waals surface area (Å²) >= 11 is 6.22. The molecule has 3 N–H and O–H groups in total. The first-order valence-electron chi connectivity index (χ1n) is 15.3. The number of nitrogens with zero attached hydrogens (tertiary/aromatic N) is 3. The molecule has 0 bridgehead atoms. The highest BCUT2D eigenvalue weighted by atomic mass is 35.5. The fraction of sp³-hybridized carbons (Fsp3) is 0.278. The fourth-order valence-corrected chi connectivity index (χ4v) is 6.18. The molecule has 0 spiro atoms. The summed E-state index contributed by atoms with van der Waals surface area (Å²) in [5.74, 6) is 0.743. The topological polar surface area (TPSA) is 124 Å². The lowest BCUT2D eigenvalue weighted by atomic mass is 9.92. The largest absolute Gasteiger partial charge is 0.372 e. The number of fused-ring (bicyclic) bond motifs is 1. The van der Waals surface area contributed by atoms with Gasteiger partial charge in [0.2, 0.25) is 0 Å². The molecule has 0 fully saturated rings. The Bertz CT molecular complexity index is 1960. The summed E-state index contributed by atoms with van der Waals surface area (Å²) in [5, 5.41) is 11.7. The fourth-order valence-electron chi connectivity index (χ4n) is 6.05. The predicted octanol–water partition coefficient (Wildman–Crippen LogP) is 7.31. The van der Waals surface area contributed by atoms with Crippen molar-refractivity contribution in [2.45, 2.75) is 46.2 Å². The van der Waals surface area contributed by atoms with E-state index in [0.29, 0.717) is 29.9 Å². The van der Waals surface area contributed by atoms with E-state index in [9.17, 15) is 14.4 Å². The van der Waals surface area contributed by atoms with Crippen molar-refractivity contribution < 1.29 is 14.1 Å². The average Bonchev–Trinajstić information content (AvgIpc) is 3.36. The quantitative estimate of drug-likeness (QED) is 0.101. The number of aldehydes is 1. The van der Waals surface area contributed by atoms with E-state index in [1.54, 1.807) is 35.7 Å². The number of H-pyrrole nitrogens is 1. The van der Waals surface area contributed by atoms with Gasteiger partial charge in [0.1, 0.15) is 18.1 Å². The van der Waals surface area contributed by atoms with Gasteiger partial charge in [0, 0.05) is 55.7 Å². The average molecular weight is 655 g/mol. The van der Waals surface area contributed by atoms with Crippen molar-refractivity contribution in [2.24, 2.45) is 0 Å². The van der Waals surface area contributed by atoms with Crippen LogP contribution >= 0.6 is 11.8 Å². The van der Waals surface area contributed by atoms with Gasteiger partial charge in [0.05, 0.1) is 5.69 Å². The number of carbonyl (C=O) groups is 2. The SMILES string of the molecule is Cc1cc(C(C=O)Nc2ccc3cc[nH]c(=O)c3c2)ccc1[C@@H](C)CN(C)C(=O)Nc1ccc(-c2c(C)noc2C)c(CN(C)Cl)c1. The van der Waals surface area contributed by atoms with Crippen LogP contribution in [0, 0.1) is 20.8 Å². The van der Waals surface area contributed by atoms with Crippen LogP contribution < -0.4 is 16.2 Å². The Labute approximate surface area is 278 Å². The molecule has 2 aromatic heterocycles. The van der Waals surface area contributed by atoms with Gasteiger partial charge < -0.3 is 29.8 Å². The van der Waals surface area contributed by atoms with Crippen molar-refractivity contribution >= 4 is 46.2 Å². The summed E-state index contributed by atoms with van der Waals surface area (Å²) in [5.41, 5.74) is 7.63. The summed E-state index contributed by atoms with van der Waals surface area (Å²) in [7, 11) is 3.54. The molecule has 0 saturated carbocycles. The number of aromatic amines is 1. The standard InChI is InChI=1S/C36H39ClN6O4/c1-21-15-26(33(20-44)39-29-9-7-25-13-14-38-35(45)32(25)17-29)8-11-30(21)22(2)18-42(5)36(46)40-28-10-12-31(27(16-28)19-43(6)37)34-23(3)41-47-24(34)4/h7-17,20,22,33,39H,18-19H2,1-6H3,(H,38,45)(H,40,46)/t22-,33?/m0/s1. The number of benzene rings is 3. The van der Waals surface area contributed by atoms with Crippen LogP contribution in [0.1, 0.15) is 52.6 Å². The Morgan fingerprint density at radius 3 is 2.49 bits per heavy atom. The third-order valence-electron chi connectivity index (χ3n) is 8.36. The minimum absolute atomic E-state index is 0.0250. The number of halogens is 1. The molecule has 0 radical (unpaired) electrons. The van der Waals surface area contributed by atoms with Crippen molar-refractivity contribution in [2.75, 3.05) is 31.3 Å². The number of hydrogen-bond donors (Lipinski definition) is 3. The number of nitrogens with one attached hydrogen (secondary N) is 3. The van der Waals surface area contributed by atoms with Crippen LogP contribution in [0.5, 0.6) is 0 Å². The van der Waals surface area contributed by atoms with E-state index in [-0.39, 0.29) is 17.5 Å². The summed E-state index contributed by atoms with van der Waals surface area (Å²) < 4.78 is 6.94. The summed E-state index contributed by atoms with van der Waals surface area (Å²) in [6, 6.07) is 18.1. The minimum atomic E-state index is -0.598. The van der Waals surface area contributed by atoms with E-state index in [1.807, 2.05) is 75.4 Å². The van der Waals surface area contributed by atoms with E-state index in [0.717, 1.165) is 56.5 Å². The number of urea groups is 1. The minimum Gasteiger partial charge on any atom is -0.372 e. The van der Waals surface area contributed by atoms with E-state index >= 15 is 0 Å². The lowest BCUT2D eigenvalue weighted by Crippen LogP contribution is -2.34. The number of anilines is 2. The van der Waals surface area contributed by atoms with E-state index in [4.69, 9.17) is 16.3 Å². The van der Waals surface area contributed by atoms with E-state index in [1.165, 1.54) is 0 Å². The lowest BCUT2D eigenvalue weighted by molar-refractivity contribution is -0.108. The van der Waals surface area contributed by atoms with Gasteiger partial charge in [-0.25, -0.2) is 9.21 Å². The molecule has 2 amide bonds. The zero-order chi connectivity index (χ0) is 33.8. The van der Waals surface area contributed by atoms with Gasteiger partial charge >= 0.3 is 6.03 Å². The van der Waals surface area contributed by atoms with Gasteiger partial charge in [-0.05, 0) is 102 Å². The molecule has 0 saturated heterocycles. The molecule has 2 heterocycles. The Kier molecular flexibility index (Phi) is 10.1. The second-order valence-electron chi connectivity index (χ2n) is 12.0. The van der Waals surface area contributed by atoms with Crippen molar-refractivity contribution in [1.29, 1.82) is 0 Å². The highest BCUT2D eigenvalue weighted by Crippen LogP contribution is 2.33. The molecule has 1 unspecified atom stereocenters. The highest BCUT2D eigenvalue weighted by molar-refractivity contribution is 6.13. The maximum atomic E-state index is 13.3. The van der Waals surface area contributed by atoms with Gasteiger partial charge in [0.15, 0.2) is 0 Å². The molecule has 244 valence electrons. The maximum Gasteiger partial charge on any atom is 0.321 e. The van der Waals surface area contributed by atoms with Crippen LogP contribution in [0.25, 0.3) is 21.9 Å². The first-order valence-corrected chi connectivity index (χ1v) is 15.7. The number of aromatic nitrogens is 2. The molecule has 0 aliphatic carbocycles. The molecule has 5 aromatic rings. The number of pyridine rings is 1. The summed E-state index contributed by atoms with van der Waals surface area (Å²) in [6.45, 7) is 8.77. The van der Waals surface area contributed by atoms with Crippen LogP contribution in [0.2, 0.25) is 0 Å². The maximum absolute atomic E-state index is 13.3. The van der Waals surface area contributed by atoms with E-state index in [2.05, 4.69) is 27.7 Å². The van der Waals surface area contributed by atoms with Crippen LogP contribution in [0.4, 0.5) is 16.2 Å². The molecule has 0 aliphatic rings. The smallest absolute Gasteiger partial charge is 0.321 e. The number of amides is 2. The van der Waals surface area contributed by atoms with Gasteiger partial charge in [-0.1, -0.05) is 42.4 Å². The number of aryl methyl sites for hydroxylation is 3. The van der Waals surface area contributed by atoms with Crippen LogP contribution in [0.3, 0.4) is 0 Å². The Hall–Kier alpha value is -4.93. The van der Waals surface area contributed by atoms with Crippen molar-refractivity contribution in [3.63, 3.8) is 0 Å². The Morgan fingerprint density at radius 2 is 1.81 bits per heavy atom. The zero-order valence-corrected chi connectivity index (χ0v) is 28.1. The number of hydrogen-bond acceptors (Lipinski definition) is 7. The zero-order valence-electron chi connectivity index (χ0n) is 27.3. The van der Waals surface area contributed by atoms with Crippen LogP contribution in [-0.2, 0) is 11.3 Å². The van der Waals surface area contributed by atoms with Crippen molar-refractivity contribution in [1.82, 2.24) is 19.5 Å². The molecule has 3 aromatic carbocycles. The van der Waals surface area contributed by atoms with Crippen LogP contribution in [0.15, 0.2) is 76.2 Å². The van der Waals surface area contributed by atoms with Gasteiger partial charge in [-0.2, -0.15) is 0 Å². The van der Waals surface area contributed by atoms with Crippen LogP contribution in [-0.4, -0.2) is 52.4 Å². The summed E-state index contributed by atoms with van der Waals surface area (Å²) in [6.07, 6.45) is 2.47. The number of likely N-dealkylation sites (N-methyl/N-ethyl adjacent to an activating group) is 1. The molecule has 11 heteroatoms. The molecule has 10 nitrogen and oxygen atoms in total. The third-order valence-corrected chi connectivity index (χ3v) is 8.48. The first kappa shape index (κ1) is 33.4. The summed E-state index contributed by atoms with van der Waals surface area (Å²) in [4.78, 5) is 42.0. The Balaban J connectivity index is 1.26. The molecule has 2 atom stereocenters. The first-order chi connectivity index (χ1) is 22.4. The van der Waals surface area contributed by atoms with Crippen molar-refractivity contribution in [3.8, 4) is 11.1 Å². The number of carbonyl (C=O) groups excluding carboxylic acids is 2. The van der Waals surface area contributed by atoms with E-state index < -0.39 is 6.04 Å². The number of rotatable bonds is 11. The lowest BCUT2D eigenvalue weighted by Gasteiger charge is -2.24. The molecule has 5 rings (SSSR count). The molecule has 47 heavy (non-hydrogen) atoms. The Morgan fingerprint density at radius 1 is 1.04 bits per heavy atom.